The summed E-state index contributed by atoms with van der Waals surface area (Å²) < 4.78 is 11.1. The normalized spacial score (nSPS) is 28.2. The average Bonchev–Trinajstić information content (AvgIpc) is 3.21. The molecule has 0 radical (unpaired) electrons. The van der Waals surface area contributed by atoms with Crippen LogP contribution in [0.15, 0.2) is 18.2 Å². The number of hydrogen-bond acceptors (Lipinski definition) is 5. The quantitative estimate of drug-likeness (QED) is 0.631. The van der Waals surface area contributed by atoms with Crippen molar-refractivity contribution >= 4 is 5.91 Å². The smallest absolute Gasteiger partial charge is 0.234 e. The van der Waals surface area contributed by atoms with Gasteiger partial charge < -0.3 is 19.9 Å². The molecule has 30 heavy (non-hydrogen) atoms. The fourth-order valence-corrected chi connectivity index (χ4v) is 5.48. The van der Waals surface area contributed by atoms with Crippen molar-refractivity contribution in [2.24, 2.45) is 5.92 Å². The number of nitrogens with zero attached hydrogens (tertiary/aromatic N) is 1. The van der Waals surface area contributed by atoms with Crippen LogP contribution in [0.5, 0.6) is 11.5 Å². The van der Waals surface area contributed by atoms with E-state index in [1.165, 1.54) is 12.8 Å². The Morgan fingerprint density at radius 3 is 2.93 bits per heavy atom. The number of piperidine rings is 1. The van der Waals surface area contributed by atoms with Gasteiger partial charge in [-0.3, -0.25) is 9.69 Å². The lowest BCUT2D eigenvalue weighted by molar-refractivity contribution is -0.137. The van der Waals surface area contributed by atoms with Gasteiger partial charge in [0.15, 0.2) is 11.5 Å². The Balaban J connectivity index is 1.49. The van der Waals surface area contributed by atoms with Gasteiger partial charge in [-0.1, -0.05) is 45.1 Å². The van der Waals surface area contributed by atoms with E-state index in [2.05, 4.69) is 23.2 Å². The van der Waals surface area contributed by atoms with Gasteiger partial charge in [0.05, 0.1) is 12.1 Å². The van der Waals surface area contributed by atoms with Crippen molar-refractivity contribution in [3.05, 3.63) is 23.8 Å². The standard InChI is InChI=1S/C24H36N2O4/c1-2-3-4-7-13-25-22(27)16-26-14-12-24(28)11-6-5-8-19(24)23(26)18-9-10-20-21(15-18)30-17-29-20/h9-10,15,19,23,28H,2-8,11-14,16-17H2,1H3,(H,25,27)/t19-,23+,24-/m1/s1. The number of carbonyl (C=O) groups is 1. The molecule has 1 saturated heterocycles. The van der Waals surface area contributed by atoms with Crippen molar-refractivity contribution in [1.82, 2.24) is 10.2 Å². The van der Waals surface area contributed by atoms with Gasteiger partial charge in [0, 0.05) is 25.0 Å². The molecule has 0 bridgehead atoms. The van der Waals surface area contributed by atoms with Gasteiger partial charge in [0.25, 0.3) is 0 Å². The minimum absolute atomic E-state index is 0.0180. The highest BCUT2D eigenvalue weighted by Gasteiger charge is 2.49. The van der Waals surface area contributed by atoms with Crippen LogP contribution in [0.1, 0.15) is 76.3 Å². The van der Waals surface area contributed by atoms with Gasteiger partial charge in [0.1, 0.15) is 0 Å². The maximum Gasteiger partial charge on any atom is 0.234 e. The summed E-state index contributed by atoms with van der Waals surface area (Å²) in [5.41, 5.74) is 0.479. The maximum absolute atomic E-state index is 12.7. The van der Waals surface area contributed by atoms with Crippen LogP contribution in [0, 0.1) is 5.92 Å². The first-order valence-electron chi connectivity index (χ1n) is 11.7. The van der Waals surface area contributed by atoms with Crippen LogP contribution in [0.4, 0.5) is 0 Å². The molecule has 6 nitrogen and oxygen atoms in total. The highest BCUT2D eigenvalue weighted by atomic mass is 16.7. The number of aliphatic hydroxyl groups is 1. The molecule has 1 aliphatic carbocycles. The number of carbonyl (C=O) groups excluding carboxylic acids is 1. The van der Waals surface area contributed by atoms with Crippen LogP contribution in [-0.2, 0) is 4.79 Å². The molecule has 1 aromatic rings. The van der Waals surface area contributed by atoms with Gasteiger partial charge in [-0.15, -0.1) is 0 Å². The van der Waals surface area contributed by atoms with E-state index >= 15 is 0 Å². The van der Waals surface area contributed by atoms with Crippen LogP contribution in [0.3, 0.4) is 0 Å². The fourth-order valence-electron chi connectivity index (χ4n) is 5.48. The van der Waals surface area contributed by atoms with E-state index < -0.39 is 5.60 Å². The summed E-state index contributed by atoms with van der Waals surface area (Å²) in [7, 11) is 0. The van der Waals surface area contributed by atoms with E-state index in [1.807, 2.05) is 12.1 Å². The van der Waals surface area contributed by atoms with Crippen LogP contribution in [-0.4, -0.2) is 47.9 Å². The zero-order chi connectivity index (χ0) is 21.0. The summed E-state index contributed by atoms with van der Waals surface area (Å²) in [5, 5.41) is 14.5. The molecule has 2 fully saturated rings. The second-order valence-corrected chi connectivity index (χ2v) is 9.14. The maximum atomic E-state index is 12.7. The van der Waals surface area contributed by atoms with E-state index in [4.69, 9.17) is 9.47 Å². The van der Waals surface area contributed by atoms with Crippen molar-refractivity contribution in [3.8, 4) is 11.5 Å². The Kier molecular flexibility index (Phi) is 6.84. The van der Waals surface area contributed by atoms with E-state index in [9.17, 15) is 9.90 Å². The Hall–Kier alpha value is -1.79. The zero-order valence-electron chi connectivity index (χ0n) is 18.2. The largest absolute Gasteiger partial charge is 0.454 e. The molecule has 1 aromatic carbocycles. The van der Waals surface area contributed by atoms with E-state index in [1.54, 1.807) is 0 Å². The first-order valence-corrected chi connectivity index (χ1v) is 11.7. The number of benzene rings is 1. The molecule has 1 saturated carbocycles. The third-order valence-electron chi connectivity index (χ3n) is 7.11. The molecule has 1 amide bonds. The number of hydrogen-bond donors (Lipinski definition) is 2. The molecular formula is C24H36N2O4. The fraction of sp³-hybridized carbons (Fsp3) is 0.708. The highest BCUT2D eigenvalue weighted by Crippen LogP contribution is 2.50. The molecular weight excluding hydrogens is 380 g/mol. The number of fused-ring (bicyclic) bond motifs is 2. The molecule has 3 aliphatic rings. The van der Waals surface area contributed by atoms with Gasteiger partial charge >= 0.3 is 0 Å². The molecule has 2 aliphatic heterocycles. The molecule has 166 valence electrons. The number of likely N-dealkylation sites (tertiary alicyclic amines) is 1. The van der Waals surface area contributed by atoms with Crippen LogP contribution in [0.2, 0.25) is 0 Å². The summed E-state index contributed by atoms with van der Waals surface area (Å²) in [6.07, 6.45) is 9.41. The van der Waals surface area contributed by atoms with E-state index in [0.717, 1.165) is 75.1 Å². The Morgan fingerprint density at radius 2 is 2.07 bits per heavy atom. The topological polar surface area (TPSA) is 71.0 Å². The summed E-state index contributed by atoms with van der Waals surface area (Å²) in [6, 6.07) is 6.10. The first-order chi connectivity index (χ1) is 14.6. The lowest BCUT2D eigenvalue weighted by atomic mass is 9.66. The number of amides is 1. The number of nitrogens with one attached hydrogen (secondary N) is 1. The lowest BCUT2D eigenvalue weighted by Gasteiger charge is -2.52. The van der Waals surface area contributed by atoms with Gasteiger partial charge in [-0.25, -0.2) is 0 Å². The number of ether oxygens (including phenoxy) is 2. The number of unbranched alkanes of at least 4 members (excludes halogenated alkanes) is 3. The van der Waals surface area contributed by atoms with Crippen LogP contribution >= 0.6 is 0 Å². The van der Waals surface area contributed by atoms with E-state index in [-0.39, 0.29) is 24.7 Å². The summed E-state index contributed by atoms with van der Waals surface area (Å²) in [4.78, 5) is 15.0. The monoisotopic (exact) mass is 416 g/mol. The first kappa shape index (κ1) is 21.4. The molecule has 0 unspecified atom stereocenters. The molecule has 4 rings (SSSR count). The van der Waals surface area contributed by atoms with Crippen molar-refractivity contribution < 1.29 is 19.4 Å². The van der Waals surface area contributed by atoms with Crippen molar-refractivity contribution in [1.29, 1.82) is 0 Å². The van der Waals surface area contributed by atoms with Crippen molar-refractivity contribution in [2.75, 3.05) is 26.4 Å². The number of rotatable bonds is 8. The molecule has 0 spiro atoms. The molecule has 2 N–H and O–H groups in total. The van der Waals surface area contributed by atoms with Gasteiger partial charge in [-0.05, 0) is 43.4 Å². The second kappa shape index (κ2) is 9.56. The molecule has 6 heteroatoms. The third kappa shape index (κ3) is 4.59. The summed E-state index contributed by atoms with van der Waals surface area (Å²) in [6.45, 7) is 4.29. The second-order valence-electron chi connectivity index (χ2n) is 9.14. The molecule has 3 atom stereocenters. The summed E-state index contributed by atoms with van der Waals surface area (Å²) in [5.74, 6) is 1.75. The van der Waals surface area contributed by atoms with Gasteiger partial charge in [0.2, 0.25) is 12.7 Å². The minimum atomic E-state index is -0.633. The zero-order valence-corrected chi connectivity index (χ0v) is 18.2. The Bertz CT molecular complexity index is 740. The molecule has 0 aromatic heterocycles. The average molecular weight is 417 g/mol. The van der Waals surface area contributed by atoms with Crippen molar-refractivity contribution in [2.45, 2.75) is 76.4 Å². The lowest BCUT2D eigenvalue weighted by Crippen LogP contribution is -2.56. The highest BCUT2D eigenvalue weighted by molar-refractivity contribution is 5.78. The Morgan fingerprint density at radius 1 is 1.20 bits per heavy atom. The SMILES string of the molecule is CCCCCCNC(=O)CN1CC[C@]2(O)CCCC[C@@H]2[C@@H]1c1ccc2c(c1)OCO2. The van der Waals surface area contributed by atoms with Crippen molar-refractivity contribution in [3.63, 3.8) is 0 Å². The predicted octanol–water partition coefficient (Wildman–Crippen LogP) is 3.78. The van der Waals surface area contributed by atoms with Crippen LogP contribution < -0.4 is 14.8 Å². The third-order valence-corrected chi connectivity index (χ3v) is 7.11. The molecule has 2 heterocycles. The predicted molar refractivity (Wildman–Crippen MR) is 116 cm³/mol. The van der Waals surface area contributed by atoms with Crippen LogP contribution in [0.25, 0.3) is 0 Å². The minimum Gasteiger partial charge on any atom is -0.454 e. The summed E-state index contributed by atoms with van der Waals surface area (Å²) >= 11 is 0. The van der Waals surface area contributed by atoms with Gasteiger partial charge in [-0.2, -0.15) is 0 Å². The van der Waals surface area contributed by atoms with E-state index in [0.29, 0.717) is 6.54 Å². The Labute approximate surface area is 179 Å².